The molecule has 0 heterocycles. The molecule has 1 aliphatic carbocycles. The van der Waals surface area contributed by atoms with Crippen LogP contribution in [-0.2, 0) is 4.79 Å². The van der Waals surface area contributed by atoms with Crippen molar-refractivity contribution >= 4 is 5.78 Å². The van der Waals surface area contributed by atoms with Gasteiger partial charge < -0.3 is 5.48 Å². The first-order valence-electron chi connectivity index (χ1n) is 3.96. The SMILES string of the molecule is C=C(C)C1CC=C(C)C(=O)C1.O. The van der Waals surface area contributed by atoms with Gasteiger partial charge in [-0.25, -0.2) is 0 Å². The monoisotopic (exact) mass is 168 g/mol. The summed E-state index contributed by atoms with van der Waals surface area (Å²) in [5, 5.41) is 0. The zero-order valence-electron chi connectivity index (χ0n) is 7.68. The summed E-state index contributed by atoms with van der Waals surface area (Å²) in [5.41, 5.74) is 2.05. The molecule has 1 atom stereocenters. The fourth-order valence-corrected chi connectivity index (χ4v) is 1.28. The Balaban J connectivity index is 0.00000121. The van der Waals surface area contributed by atoms with Gasteiger partial charge in [0.1, 0.15) is 0 Å². The molecule has 1 rings (SSSR count). The van der Waals surface area contributed by atoms with E-state index in [1.165, 1.54) is 0 Å². The van der Waals surface area contributed by atoms with E-state index in [4.69, 9.17) is 0 Å². The Morgan fingerprint density at radius 1 is 1.67 bits per heavy atom. The zero-order valence-corrected chi connectivity index (χ0v) is 7.68. The van der Waals surface area contributed by atoms with Crippen molar-refractivity contribution in [3.8, 4) is 0 Å². The normalized spacial score (nSPS) is 22.7. The molecule has 0 saturated carbocycles. The molecule has 0 fully saturated rings. The number of hydrogen-bond acceptors (Lipinski definition) is 1. The molecule has 0 radical (unpaired) electrons. The van der Waals surface area contributed by atoms with Crippen molar-refractivity contribution in [2.75, 3.05) is 0 Å². The number of allylic oxidation sites excluding steroid dienone is 3. The fraction of sp³-hybridized carbons (Fsp3) is 0.500. The van der Waals surface area contributed by atoms with Gasteiger partial charge in [0.15, 0.2) is 5.78 Å². The third kappa shape index (κ3) is 2.31. The summed E-state index contributed by atoms with van der Waals surface area (Å²) in [6, 6.07) is 0. The van der Waals surface area contributed by atoms with Crippen LogP contribution in [0.25, 0.3) is 0 Å². The quantitative estimate of drug-likeness (QED) is 0.549. The molecule has 0 aromatic heterocycles. The Hall–Kier alpha value is -0.890. The van der Waals surface area contributed by atoms with Crippen LogP contribution in [-0.4, -0.2) is 11.3 Å². The Morgan fingerprint density at radius 3 is 2.67 bits per heavy atom. The number of carbonyl (C=O) groups excluding carboxylic acids is 1. The molecular weight excluding hydrogens is 152 g/mol. The zero-order chi connectivity index (χ0) is 8.43. The number of Topliss-reactive ketones (excluding diaryl/α,β-unsaturated/α-hetero) is 1. The number of hydrogen-bond donors (Lipinski definition) is 0. The van der Waals surface area contributed by atoms with Crippen LogP contribution in [0, 0.1) is 5.92 Å². The Morgan fingerprint density at radius 2 is 2.25 bits per heavy atom. The van der Waals surface area contributed by atoms with Gasteiger partial charge in [-0.15, -0.1) is 0 Å². The van der Waals surface area contributed by atoms with Gasteiger partial charge in [-0.3, -0.25) is 4.79 Å². The molecule has 2 heteroatoms. The predicted molar refractivity (Wildman–Crippen MR) is 49.9 cm³/mol. The Kier molecular flexibility index (Phi) is 3.90. The van der Waals surface area contributed by atoms with Crippen LogP contribution in [0.2, 0.25) is 0 Å². The molecule has 0 bridgehead atoms. The minimum atomic E-state index is 0. The van der Waals surface area contributed by atoms with Crippen LogP contribution in [0.3, 0.4) is 0 Å². The average molecular weight is 168 g/mol. The molecule has 2 N–H and O–H groups in total. The van der Waals surface area contributed by atoms with Gasteiger partial charge >= 0.3 is 0 Å². The van der Waals surface area contributed by atoms with Crippen LogP contribution in [0.4, 0.5) is 0 Å². The molecule has 0 aliphatic heterocycles. The van der Waals surface area contributed by atoms with E-state index in [1.807, 2.05) is 19.9 Å². The molecule has 0 amide bonds. The standard InChI is InChI=1S/C10H14O.H2O/c1-7(2)9-5-4-8(3)10(11)6-9;/h4,9H,1,5-6H2,2-3H3;1H2. The maximum atomic E-state index is 11.2. The van der Waals surface area contributed by atoms with Crippen LogP contribution in [0.5, 0.6) is 0 Å². The molecule has 1 unspecified atom stereocenters. The third-order valence-electron chi connectivity index (χ3n) is 2.28. The molecule has 0 aromatic rings. The number of ketones is 1. The highest BCUT2D eigenvalue weighted by molar-refractivity contribution is 5.95. The Labute approximate surface area is 73.3 Å². The molecule has 0 aromatic carbocycles. The van der Waals surface area contributed by atoms with Gasteiger partial charge in [0.2, 0.25) is 0 Å². The molecule has 0 spiro atoms. The second-order valence-electron chi connectivity index (χ2n) is 3.29. The largest absolute Gasteiger partial charge is 0.412 e. The first kappa shape index (κ1) is 11.1. The molecule has 2 nitrogen and oxygen atoms in total. The number of rotatable bonds is 1. The van der Waals surface area contributed by atoms with Crippen LogP contribution in [0.15, 0.2) is 23.8 Å². The van der Waals surface area contributed by atoms with Crippen molar-refractivity contribution in [2.45, 2.75) is 26.7 Å². The third-order valence-corrected chi connectivity index (χ3v) is 2.28. The van der Waals surface area contributed by atoms with Crippen molar-refractivity contribution in [1.29, 1.82) is 0 Å². The lowest BCUT2D eigenvalue weighted by molar-refractivity contribution is -0.116. The van der Waals surface area contributed by atoms with E-state index in [-0.39, 0.29) is 11.3 Å². The molecule has 1 aliphatic rings. The van der Waals surface area contributed by atoms with Gasteiger partial charge in [-0.2, -0.15) is 0 Å². The van der Waals surface area contributed by atoms with Crippen molar-refractivity contribution < 1.29 is 10.3 Å². The minimum absolute atomic E-state index is 0. The van der Waals surface area contributed by atoms with Crippen LogP contribution in [0.1, 0.15) is 26.7 Å². The van der Waals surface area contributed by atoms with Crippen molar-refractivity contribution in [1.82, 2.24) is 0 Å². The summed E-state index contributed by atoms with van der Waals surface area (Å²) in [7, 11) is 0. The van der Waals surface area contributed by atoms with Gasteiger partial charge in [-0.1, -0.05) is 18.2 Å². The van der Waals surface area contributed by atoms with Gasteiger partial charge in [0.25, 0.3) is 0 Å². The maximum Gasteiger partial charge on any atom is 0.158 e. The maximum absolute atomic E-state index is 11.2. The van der Waals surface area contributed by atoms with E-state index in [2.05, 4.69) is 6.58 Å². The molecule has 12 heavy (non-hydrogen) atoms. The van der Waals surface area contributed by atoms with Crippen LogP contribution < -0.4 is 0 Å². The summed E-state index contributed by atoms with van der Waals surface area (Å²) in [4.78, 5) is 11.2. The van der Waals surface area contributed by atoms with E-state index in [0.29, 0.717) is 12.3 Å². The summed E-state index contributed by atoms with van der Waals surface area (Å²) in [6.45, 7) is 7.74. The second kappa shape index (κ2) is 4.21. The summed E-state index contributed by atoms with van der Waals surface area (Å²) in [5.74, 6) is 0.676. The van der Waals surface area contributed by atoms with Crippen molar-refractivity contribution in [3.63, 3.8) is 0 Å². The lowest BCUT2D eigenvalue weighted by Crippen LogP contribution is -2.14. The fourth-order valence-electron chi connectivity index (χ4n) is 1.28. The first-order chi connectivity index (χ1) is 5.11. The van der Waals surface area contributed by atoms with E-state index in [0.717, 1.165) is 17.6 Å². The van der Waals surface area contributed by atoms with E-state index in [9.17, 15) is 4.79 Å². The highest BCUT2D eigenvalue weighted by Gasteiger charge is 2.18. The highest BCUT2D eigenvalue weighted by Crippen LogP contribution is 2.25. The smallest absolute Gasteiger partial charge is 0.158 e. The second-order valence-corrected chi connectivity index (χ2v) is 3.29. The van der Waals surface area contributed by atoms with E-state index < -0.39 is 0 Å². The van der Waals surface area contributed by atoms with Crippen LogP contribution >= 0.6 is 0 Å². The van der Waals surface area contributed by atoms with Gasteiger partial charge in [-0.05, 0) is 31.8 Å². The average Bonchev–Trinajstić information content (AvgIpc) is 1.94. The first-order valence-corrected chi connectivity index (χ1v) is 3.96. The van der Waals surface area contributed by atoms with E-state index >= 15 is 0 Å². The lowest BCUT2D eigenvalue weighted by Gasteiger charge is -2.18. The highest BCUT2D eigenvalue weighted by atomic mass is 16.1. The Bertz CT molecular complexity index is 226. The number of carbonyl (C=O) groups is 1. The minimum Gasteiger partial charge on any atom is -0.412 e. The van der Waals surface area contributed by atoms with Crippen molar-refractivity contribution in [2.24, 2.45) is 5.92 Å². The van der Waals surface area contributed by atoms with Crippen molar-refractivity contribution in [3.05, 3.63) is 23.8 Å². The lowest BCUT2D eigenvalue weighted by atomic mass is 9.85. The van der Waals surface area contributed by atoms with Gasteiger partial charge in [0, 0.05) is 6.42 Å². The van der Waals surface area contributed by atoms with E-state index in [1.54, 1.807) is 0 Å². The topological polar surface area (TPSA) is 48.6 Å². The predicted octanol–water partition coefficient (Wildman–Crippen LogP) is 1.66. The summed E-state index contributed by atoms with van der Waals surface area (Å²) >= 11 is 0. The molecule has 0 saturated heterocycles. The molecular formula is C10H16O2. The summed E-state index contributed by atoms with van der Waals surface area (Å²) < 4.78 is 0. The molecule has 68 valence electrons. The summed E-state index contributed by atoms with van der Waals surface area (Å²) in [6.07, 6.45) is 3.68. The van der Waals surface area contributed by atoms with Gasteiger partial charge in [0.05, 0.1) is 0 Å².